The summed E-state index contributed by atoms with van der Waals surface area (Å²) in [6.07, 6.45) is 0. The second kappa shape index (κ2) is 9.54. The van der Waals surface area contributed by atoms with E-state index in [0.717, 1.165) is 5.56 Å². The van der Waals surface area contributed by atoms with Crippen LogP contribution in [0.15, 0.2) is 48.5 Å². The third-order valence-electron chi connectivity index (χ3n) is 4.78. The van der Waals surface area contributed by atoms with Crippen LogP contribution >= 0.6 is 23.2 Å². The van der Waals surface area contributed by atoms with Gasteiger partial charge in [0.1, 0.15) is 21.5 Å². The van der Waals surface area contributed by atoms with Crippen molar-refractivity contribution in [2.24, 2.45) is 0 Å². The van der Waals surface area contributed by atoms with Crippen LogP contribution in [-0.2, 0) is 0 Å². The number of hydrogen-bond acceptors (Lipinski definition) is 4. The van der Waals surface area contributed by atoms with E-state index in [1.807, 2.05) is 51.1 Å². The highest BCUT2D eigenvalue weighted by atomic mass is 35.5. The van der Waals surface area contributed by atoms with E-state index in [0.29, 0.717) is 17.9 Å². The van der Waals surface area contributed by atoms with Crippen molar-refractivity contribution < 1.29 is 14.2 Å². The normalized spacial score (nSPS) is 12.1. The first-order valence-corrected chi connectivity index (χ1v) is 10.4. The van der Waals surface area contributed by atoms with Gasteiger partial charge < -0.3 is 15.2 Å². The number of anilines is 1. The molecule has 0 aliphatic rings. The predicted molar refractivity (Wildman–Crippen MR) is 120 cm³/mol. The van der Waals surface area contributed by atoms with Crippen LogP contribution in [-0.4, -0.2) is 16.6 Å². The van der Waals surface area contributed by atoms with Crippen LogP contribution in [0.25, 0.3) is 0 Å². The first-order chi connectivity index (χ1) is 14.3. The van der Waals surface area contributed by atoms with Crippen molar-refractivity contribution in [1.29, 1.82) is 0 Å². The molecule has 3 rings (SSSR count). The second-order valence-corrected chi connectivity index (χ2v) is 8.13. The molecule has 0 bridgehead atoms. The lowest BCUT2D eigenvalue weighted by atomic mass is 10.0. The number of nitrogens with zero attached hydrogens (tertiary/aromatic N) is 1. The van der Waals surface area contributed by atoms with Crippen LogP contribution in [0.4, 0.5) is 10.2 Å². The Bertz CT molecular complexity index is 1030. The zero-order chi connectivity index (χ0) is 21.8. The summed E-state index contributed by atoms with van der Waals surface area (Å²) in [7, 11) is 0. The number of benzene rings is 2. The molecule has 0 spiro atoms. The van der Waals surface area contributed by atoms with Gasteiger partial charge in [-0.25, -0.2) is 0 Å². The summed E-state index contributed by atoms with van der Waals surface area (Å²) in [5.41, 5.74) is 1.83. The van der Waals surface area contributed by atoms with Gasteiger partial charge in [0.2, 0.25) is 5.95 Å². The largest absolute Gasteiger partial charge is 0.508 e. The van der Waals surface area contributed by atoms with Gasteiger partial charge in [-0.3, -0.25) is 0 Å². The molecule has 0 fully saturated rings. The number of rotatable bonds is 7. The van der Waals surface area contributed by atoms with E-state index >= 15 is 0 Å². The lowest BCUT2D eigenvalue weighted by molar-refractivity contribution is 0.452. The molecule has 3 aromatic rings. The molecule has 2 aromatic carbocycles. The Morgan fingerprint density at radius 2 is 1.77 bits per heavy atom. The van der Waals surface area contributed by atoms with E-state index in [1.165, 1.54) is 6.07 Å². The molecule has 7 heteroatoms. The molecule has 158 valence electrons. The van der Waals surface area contributed by atoms with Gasteiger partial charge in [-0.2, -0.15) is 9.37 Å². The first-order valence-electron chi connectivity index (χ1n) is 9.62. The van der Waals surface area contributed by atoms with Crippen LogP contribution in [0, 0.1) is 5.95 Å². The fourth-order valence-electron chi connectivity index (χ4n) is 3.03. The zero-order valence-electron chi connectivity index (χ0n) is 16.9. The third kappa shape index (κ3) is 4.97. The minimum Gasteiger partial charge on any atom is -0.508 e. The molecule has 1 heterocycles. The number of hydrogen-bond donors (Lipinski definition) is 2. The number of aromatic nitrogens is 1. The van der Waals surface area contributed by atoms with Crippen LogP contribution < -0.4 is 10.1 Å². The van der Waals surface area contributed by atoms with Crippen molar-refractivity contribution in [2.75, 3.05) is 11.9 Å². The maximum atomic E-state index is 14.4. The van der Waals surface area contributed by atoms with Crippen molar-refractivity contribution >= 4 is 29.0 Å². The Balaban J connectivity index is 1.86. The molecule has 0 radical (unpaired) electrons. The molecule has 0 unspecified atom stereocenters. The molecule has 0 saturated carbocycles. The maximum absolute atomic E-state index is 14.4. The summed E-state index contributed by atoms with van der Waals surface area (Å²) >= 11 is 12.5. The number of phenolic OH excluding ortho intramolecular Hbond substituents is 1. The monoisotopic (exact) mass is 448 g/mol. The Kier molecular flexibility index (Phi) is 7.06. The number of pyridine rings is 1. The summed E-state index contributed by atoms with van der Waals surface area (Å²) in [4.78, 5) is 3.84. The smallest absolute Gasteiger partial charge is 0.237 e. The zero-order valence-corrected chi connectivity index (χ0v) is 18.4. The Morgan fingerprint density at radius 3 is 2.43 bits per heavy atom. The predicted octanol–water partition coefficient (Wildman–Crippen LogP) is 7.36. The molecule has 0 aliphatic carbocycles. The number of phenols is 1. The van der Waals surface area contributed by atoms with E-state index in [1.54, 1.807) is 12.1 Å². The molecule has 2 N–H and O–H groups in total. The standard InChI is InChI=1S/C23H23Cl2FN2O2/c1-13(2)17-11-16(9-10-18(17)29)30-21-19(24)22(26)28-23(20(21)25)27-12-14(3)15-7-5-4-6-8-15/h4-11,13-14,29H,12H2,1-3H3,(H,27,28)/t14-/m0/s1. The molecule has 4 nitrogen and oxygen atoms in total. The molecule has 30 heavy (non-hydrogen) atoms. The second-order valence-electron chi connectivity index (χ2n) is 7.38. The fourth-order valence-corrected chi connectivity index (χ4v) is 3.49. The summed E-state index contributed by atoms with van der Waals surface area (Å²) in [5, 5.41) is 12.9. The highest BCUT2D eigenvalue weighted by Gasteiger charge is 2.21. The summed E-state index contributed by atoms with van der Waals surface area (Å²) in [6.45, 7) is 6.43. The fraction of sp³-hybridized carbons (Fsp3) is 0.261. The average molecular weight is 449 g/mol. The molecule has 0 saturated heterocycles. The summed E-state index contributed by atoms with van der Waals surface area (Å²) in [6, 6.07) is 14.7. The van der Waals surface area contributed by atoms with Crippen molar-refractivity contribution in [2.45, 2.75) is 32.6 Å². The van der Waals surface area contributed by atoms with Gasteiger partial charge in [-0.1, -0.05) is 74.3 Å². The molecular formula is C23H23Cl2FN2O2. The van der Waals surface area contributed by atoms with Crippen molar-refractivity contribution in [3.05, 3.63) is 75.7 Å². The van der Waals surface area contributed by atoms with Gasteiger partial charge in [0.15, 0.2) is 11.6 Å². The van der Waals surface area contributed by atoms with Crippen molar-refractivity contribution in [1.82, 2.24) is 4.98 Å². The topological polar surface area (TPSA) is 54.4 Å². The Morgan fingerprint density at radius 1 is 1.07 bits per heavy atom. The van der Waals surface area contributed by atoms with Crippen LogP contribution in [0.2, 0.25) is 10.0 Å². The van der Waals surface area contributed by atoms with Gasteiger partial charge in [-0.05, 0) is 35.6 Å². The molecule has 0 amide bonds. The maximum Gasteiger partial charge on any atom is 0.237 e. The van der Waals surface area contributed by atoms with Gasteiger partial charge in [-0.15, -0.1) is 0 Å². The van der Waals surface area contributed by atoms with E-state index in [9.17, 15) is 9.50 Å². The quantitative estimate of drug-likeness (QED) is 0.370. The van der Waals surface area contributed by atoms with E-state index in [-0.39, 0.29) is 39.2 Å². The van der Waals surface area contributed by atoms with E-state index in [2.05, 4.69) is 10.3 Å². The van der Waals surface area contributed by atoms with Crippen molar-refractivity contribution in [3.8, 4) is 17.2 Å². The Labute approximate surface area is 185 Å². The molecular weight excluding hydrogens is 426 g/mol. The van der Waals surface area contributed by atoms with Gasteiger partial charge in [0, 0.05) is 12.1 Å². The number of halogens is 3. The molecule has 1 aromatic heterocycles. The van der Waals surface area contributed by atoms with E-state index < -0.39 is 5.95 Å². The van der Waals surface area contributed by atoms with Gasteiger partial charge >= 0.3 is 0 Å². The van der Waals surface area contributed by atoms with Crippen molar-refractivity contribution in [3.63, 3.8) is 0 Å². The summed E-state index contributed by atoms with van der Waals surface area (Å²) in [5.74, 6) is 0.0135. The SMILES string of the molecule is CC(C)c1cc(Oc2c(Cl)c(F)nc(NC[C@H](C)c3ccccc3)c2Cl)ccc1O. The number of nitrogens with one attached hydrogen (secondary N) is 1. The number of aromatic hydroxyl groups is 1. The molecule has 1 atom stereocenters. The van der Waals surface area contributed by atoms with Crippen LogP contribution in [0.1, 0.15) is 43.7 Å². The van der Waals surface area contributed by atoms with Crippen LogP contribution in [0.3, 0.4) is 0 Å². The highest BCUT2D eigenvalue weighted by Crippen LogP contribution is 2.42. The molecule has 0 aliphatic heterocycles. The lowest BCUT2D eigenvalue weighted by Gasteiger charge is -2.17. The minimum atomic E-state index is -0.881. The lowest BCUT2D eigenvalue weighted by Crippen LogP contribution is -2.12. The van der Waals surface area contributed by atoms with Gasteiger partial charge in [0.05, 0.1) is 0 Å². The minimum absolute atomic E-state index is 0.0268. The van der Waals surface area contributed by atoms with Crippen LogP contribution in [0.5, 0.6) is 17.2 Å². The average Bonchev–Trinajstić information content (AvgIpc) is 2.74. The van der Waals surface area contributed by atoms with E-state index in [4.69, 9.17) is 27.9 Å². The number of ether oxygens (including phenoxy) is 1. The first kappa shape index (κ1) is 22.2. The highest BCUT2D eigenvalue weighted by molar-refractivity contribution is 6.38. The van der Waals surface area contributed by atoms with Gasteiger partial charge in [0.25, 0.3) is 0 Å². The summed E-state index contributed by atoms with van der Waals surface area (Å²) < 4.78 is 20.2. The Hall–Kier alpha value is -2.50. The third-order valence-corrected chi connectivity index (χ3v) is 5.46.